The number of benzene rings is 1. The second-order valence-electron chi connectivity index (χ2n) is 3.71. The van der Waals surface area contributed by atoms with Crippen molar-refractivity contribution in [2.45, 2.75) is 20.4 Å². The van der Waals surface area contributed by atoms with Crippen molar-refractivity contribution in [3.05, 3.63) is 34.9 Å². The van der Waals surface area contributed by atoms with E-state index < -0.39 is 0 Å². The van der Waals surface area contributed by atoms with Crippen molar-refractivity contribution in [1.82, 2.24) is 4.90 Å². The minimum absolute atomic E-state index is 0.440. The zero-order valence-electron chi connectivity index (χ0n) is 9.70. The van der Waals surface area contributed by atoms with E-state index in [1.165, 1.54) is 5.56 Å². The summed E-state index contributed by atoms with van der Waals surface area (Å²) in [5.74, 6) is 0. The van der Waals surface area contributed by atoms with Crippen LogP contribution in [0.4, 0.5) is 0 Å². The number of aryl methyl sites for hydroxylation is 1. The van der Waals surface area contributed by atoms with Crippen LogP contribution in [-0.2, 0) is 6.54 Å². The van der Waals surface area contributed by atoms with Gasteiger partial charge in [-0.3, -0.25) is 4.90 Å². The fraction of sp³-hybridized carbons (Fsp3) is 0.385. The van der Waals surface area contributed by atoms with Crippen molar-refractivity contribution >= 4 is 0 Å². The normalized spacial score (nSPS) is 9.81. The van der Waals surface area contributed by atoms with Crippen molar-refractivity contribution < 1.29 is 0 Å². The molecule has 0 saturated carbocycles. The first kappa shape index (κ1) is 12.2. The van der Waals surface area contributed by atoms with E-state index in [9.17, 15) is 0 Å². The fourth-order valence-electron chi connectivity index (χ4n) is 1.56. The Balaban J connectivity index is 2.82. The summed E-state index contributed by atoms with van der Waals surface area (Å²) in [4.78, 5) is 2.06. The molecule has 0 N–H and O–H groups in total. The van der Waals surface area contributed by atoms with Crippen LogP contribution in [0.1, 0.15) is 23.6 Å². The van der Waals surface area contributed by atoms with E-state index >= 15 is 0 Å². The monoisotopic (exact) mass is 213 g/mol. The molecule has 0 aliphatic carbocycles. The van der Waals surface area contributed by atoms with Crippen LogP contribution in [0.5, 0.6) is 0 Å². The van der Waals surface area contributed by atoms with Crippen molar-refractivity contribution in [2.24, 2.45) is 0 Å². The first-order valence-electron chi connectivity index (χ1n) is 5.30. The Labute approximate surface area is 96.5 Å². The minimum Gasteiger partial charge on any atom is -0.287 e. The molecule has 0 bridgehead atoms. The maximum atomic E-state index is 8.76. The minimum atomic E-state index is 0.440. The number of rotatable bonds is 4. The van der Waals surface area contributed by atoms with Gasteiger partial charge in [-0.15, -0.1) is 0 Å². The summed E-state index contributed by atoms with van der Waals surface area (Å²) in [5.41, 5.74) is 2.97. The summed E-state index contributed by atoms with van der Waals surface area (Å²) < 4.78 is 0. The van der Waals surface area contributed by atoms with Gasteiger partial charge in [-0.1, -0.05) is 13.0 Å². The molecule has 0 atom stereocenters. The maximum absolute atomic E-state index is 8.76. The predicted octanol–water partition coefficient (Wildman–Crippen LogP) is 2.21. The van der Waals surface area contributed by atoms with Gasteiger partial charge in [0.1, 0.15) is 0 Å². The highest BCUT2D eigenvalue weighted by Crippen LogP contribution is 2.12. The van der Waals surface area contributed by atoms with Gasteiger partial charge in [0.2, 0.25) is 0 Å². The van der Waals surface area contributed by atoms with E-state index in [0.29, 0.717) is 12.1 Å². The summed E-state index contributed by atoms with van der Waals surface area (Å²) in [5, 5.41) is 17.4. The lowest BCUT2D eigenvalue weighted by Crippen LogP contribution is -2.23. The molecule has 82 valence electrons. The molecule has 0 saturated heterocycles. The van der Waals surface area contributed by atoms with Crippen molar-refractivity contribution in [3.63, 3.8) is 0 Å². The lowest BCUT2D eigenvalue weighted by molar-refractivity contribution is 0.314. The van der Waals surface area contributed by atoms with Crippen molar-refractivity contribution in [3.8, 4) is 12.1 Å². The van der Waals surface area contributed by atoms with E-state index in [0.717, 1.165) is 18.7 Å². The molecule has 0 aliphatic rings. The highest BCUT2D eigenvalue weighted by molar-refractivity contribution is 5.37. The van der Waals surface area contributed by atoms with Crippen LogP contribution in [0.2, 0.25) is 0 Å². The molecule has 0 heterocycles. The van der Waals surface area contributed by atoms with Gasteiger partial charge in [0, 0.05) is 6.54 Å². The molecule has 0 amide bonds. The third kappa shape index (κ3) is 3.08. The number of hydrogen-bond acceptors (Lipinski definition) is 3. The van der Waals surface area contributed by atoms with Crippen LogP contribution in [0.25, 0.3) is 0 Å². The molecule has 3 heteroatoms. The average Bonchev–Trinajstić information content (AvgIpc) is 2.30. The molecule has 1 rings (SSSR count). The summed E-state index contributed by atoms with van der Waals surface area (Å²) in [6.45, 7) is 6.09. The molecule has 0 aromatic heterocycles. The zero-order chi connectivity index (χ0) is 12.0. The molecule has 0 aliphatic heterocycles. The van der Waals surface area contributed by atoms with Crippen LogP contribution >= 0.6 is 0 Å². The van der Waals surface area contributed by atoms with Crippen LogP contribution < -0.4 is 0 Å². The highest BCUT2D eigenvalue weighted by Gasteiger charge is 2.05. The van der Waals surface area contributed by atoms with Gasteiger partial charge in [-0.05, 0) is 36.7 Å². The molecular weight excluding hydrogens is 198 g/mol. The summed E-state index contributed by atoms with van der Waals surface area (Å²) in [7, 11) is 0. The van der Waals surface area contributed by atoms with Crippen molar-refractivity contribution in [2.75, 3.05) is 13.1 Å². The third-order valence-electron chi connectivity index (χ3n) is 2.61. The molecule has 0 radical (unpaired) electrons. The summed E-state index contributed by atoms with van der Waals surface area (Å²) >= 11 is 0. The van der Waals surface area contributed by atoms with Gasteiger partial charge in [0.15, 0.2) is 0 Å². The van der Waals surface area contributed by atoms with Gasteiger partial charge in [-0.2, -0.15) is 10.5 Å². The largest absolute Gasteiger partial charge is 0.287 e. The molecule has 1 aromatic rings. The molecule has 0 fully saturated rings. The van der Waals surface area contributed by atoms with Gasteiger partial charge in [0.05, 0.1) is 24.2 Å². The Morgan fingerprint density at radius 3 is 2.56 bits per heavy atom. The second-order valence-corrected chi connectivity index (χ2v) is 3.71. The first-order chi connectivity index (χ1) is 7.71. The first-order valence-corrected chi connectivity index (χ1v) is 5.30. The Hall–Kier alpha value is -1.84. The van der Waals surface area contributed by atoms with Crippen LogP contribution in [0, 0.1) is 29.6 Å². The lowest BCUT2D eigenvalue weighted by Gasteiger charge is -2.17. The lowest BCUT2D eigenvalue weighted by atomic mass is 10.1. The van der Waals surface area contributed by atoms with E-state index in [-0.39, 0.29) is 0 Å². The van der Waals surface area contributed by atoms with Gasteiger partial charge >= 0.3 is 0 Å². The summed E-state index contributed by atoms with van der Waals surface area (Å²) in [6.07, 6.45) is 0. The average molecular weight is 213 g/mol. The Bertz CT molecular complexity index is 437. The SMILES string of the molecule is CCN(CC#N)Cc1ccc(C#N)cc1C. The Kier molecular flexibility index (Phi) is 4.51. The topological polar surface area (TPSA) is 50.8 Å². The van der Waals surface area contributed by atoms with E-state index in [1.807, 2.05) is 32.0 Å². The summed E-state index contributed by atoms with van der Waals surface area (Å²) in [6, 6.07) is 9.95. The highest BCUT2D eigenvalue weighted by atomic mass is 15.1. The number of nitriles is 2. The molecule has 0 spiro atoms. The molecule has 3 nitrogen and oxygen atoms in total. The molecular formula is C13H15N3. The molecule has 1 aromatic carbocycles. The van der Waals surface area contributed by atoms with Gasteiger partial charge in [0.25, 0.3) is 0 Å². The Morgan fingerprint density at radius 1 is 1.31 bits per heavy atom. The standard InChI is InChI=1S/C13H15N3/c1-3-16(7-6-14)10-13-5-4-12(9-15)8-11(13)2/h4-5,8H,3,7,10H2,1-2H3. The van der Waals surface area contributed by atoms with Gasteiger partial charge in [-0.25, -0.2) is 0 Å². The second kappa shape index (κ2) is 5.90. The van der Waals surface area contributed by atoms with E-state index in [2.05, 4.69) is 17.0 Å². The Morgan fingerprint density at radius 2 is 2.06 bits per heavy atom. The van der Waals surface area contributed by atoms with Crippen molar-refractivity contribution in [1.29, 1.82) is 10.5 Å². The maximum Gasteiger partial charge on any atom is 0.0991 e. The quantitative estimate of drug-likeness (QED) is 0.720. The van der Waals surface area contributed by atoms with Gasteiger partial charge < -0.3 is 0 Å². The number of nitrogens with zero attached hydrogens (tertiary/aromatic N) is 3. The van der Waals surface area contributed by atoms with Crippen LogP contribution in [0.3, 0.4) is 0 Å². The smallest absolute Gasteiger partial charge is 0.0991 e. The molecule has 16 heavy (non-hydrogen) atoms. The predicted molar refractivity (Wildman–Crippen MR) is 62.5 cm³/mol. The number of hydrogen-bond donors (Lipinski definition) is 0. The van der Waals surface area contributed by atoms with E-state index in [4.69, 9.17) is 10.5 Å². The van der Waals surface area contributed by atoms with Crippen LogP contribution in [0.15, 0.2) is 18.2 Å². The zero-order valence-corrected chi connectivity index (χ0v) is 9.70. The van der Waals surface area contributed by atoms with Crippen LogP contribution in [-0.4, -0.2) is 18.0 Å². The fourth-order valence-corrected chi connectivity index (χ4v) is 1.56. The molecule has 0 unspecified atom stereocenters. The third-order valence-corrected chi connectivity index (χ3v) is 2.61. The van der Waals surface area contributed by atoms with E-state index in [1.54, 1.807) is 0 Å².